The second-order valence-corrected chi connectivity index (χ2v) is 3.12. The fourth-order valence-corrected chi connectivity index (χ4v) is 1.24. The summed E-state index contributed by atoms with van der Waals surface area (Å²) in [6, 6.07) is 2.91. The summed E-state index contributed by atoms with van der Waals surface area (Å²) in [5, 5.41) is 10.1. The van der Waals surface area contributed by atoms with Gasteiger partial charge in [0.1, 0.15) is 11.7 Å². The Morgan fingerprint density at radius 3 is 2.53 bits per heavy atom. The van der Waals surface area contributed by atoms with Crippen LogP contribution < -0.4 is 9.84 Å². The average Bonchev–Trinajstić information content (AvgIpc) is 2.17. The number of carbonyl (C=O) groups is 1. The number of alkyl halides is 2. The van der Waals surface area contributed by atoms with Crippen LogP contribution in [0, 0.1) is 0 Å². The first-order valence-corrected chi connectivity index (χ1v) is 4.20. The number of carboxylic acids is 1. The highest BCUT2D eigenvalue weighted by atomic mass is 35.5. The summed E-state index contributed by atoms with van der Waals surface area (Å²) in [4.78, 5) is 10.2. The molecule has 0 aromatic heterocycles. The number of halogens is 3. The zero-order valence-electron chi connectivity index (χ0n) is 7.59. The minimum absolute atomic E-state index is 0.0871. The number of carbonyl (C=O) groups excluding carboxylic acids is 1. The van der Waals surface area contributed by atoms with E-state index in [2.05, 4.69) is 0 Å². The summed E-state index contributed by atoms with van der Waals surface area (Å²) >= 11 is 5.57. The molecule has 0 saturated heterocycles. The summed E-state index contributed by atoms with van der Waals surface area (Å²) in [6.07, 6.45) is 0. The highest BCUT2D eigenvalue weighted by Crippen LogP contribution is 2.33. The molecule has 0 N–H and O–H groups in total. The molecule has 0 saturated carbocycles. The SMILES string of the molecule is COc1ccc(C(F)(F)C(=O)[O-])cc1Cl. The van der Waals surface area contributed by atoms with Crippen LogP contribution >= 0.6 is 11.6 Å². The lowest BCUT2D eigenvalue weighted by Crippen LogP contribution is -2.39. The third-order valence-corrected chi connectivity index (χ3v) is 2.07. The standard InChI is InChI=1S/C9H7ClF2O3/c1-15-7-3-2-5(4-6(7)10)9(11,12)8(13)14/h2-4H,1H3,(H,13,14)/p-1. The molecular weight excluding hydrogens is 230 g/mol. The van der Waals surface area contributed by atoms with Crippen molar-refractivity contribution in [1.82, 2.24) is 0 Å². The second-order valence-electron chi connectivity index (χ2n) is 2.71. The maximum Gasteiger partial charge on any atom is 0.312 e. The first-order chi connectivity index (χ1) is 6.89. The molecular formula is C9H6ClF2O3-. The van der Waals surface area contributed by atoms with Gasteiger partial charge in [0.25, 0.3) is 0 Å². The predicted molar refractivity (Wildman–Crippen MR) is 46.9 cm³/mol. The van der Waals surface area contributed by atoms with Gasteiger partial charge in [-0.1, -0.05) is 11.6 Å². The van der Waals surface area contributed by atoms with Gasteiger partial charge in [0.05, 0.1) is 12.1 Å². The van der Waals surface area contributed by atoms with Crippen LogP contribution in [0.3, 0.4) is 0 Å². The van der Waals surface area contributed by atoms with Gasteiger partial charge in [-0.15, -0.1) is 0 Å². The molecule has 0 radical (unpaired) electrons. The van der Waals surface area contributed by atoms with E-state index in [1.54, 1.807) is 0 Å². The van der Waals surface area contributed by atoms with Gasteiger partial charge >= 0.3 is 5.92 Å². The number of hydrogen-bond donors (Lipinski definition) is 0. The number of benzene rings is 1. The van der Waals surface area contributed by atoms with Crippen LogP contribution in [0.4, 0.5) is 8.78 Å². The molecule has 82 valence electrons. The van der Waals surface area contributed by atoms with Crippen molar-refractivity contribution >= 4 is 17.6 Å². The van der Waals surface area contributed by atoms with Crippen molar-refractivity contribution in [2.45, 2.75) is 5.92 Å². The van der Waals surface area contributed by atoms with E-state index in [9.17, 15) is 18.7 Å². The van der Waals surface area contributed by atoms with Gasteiger partial charge in [-0.3, -0.25) is 0 Å². The molecule has 15 heavy (non-hydrogen) atoms. The van der Waals surface area contributed by atoms with Crippen LogP contribution in [-0.4, -0.2) is 13.1 Å². The Labute approximate surface area is 89.2 Å². The third-order valence-electron chi connectivity index (χ3n) is 1.77. The summed E-state index contributed by atoms with van der Waals surface area (Å²) < 4.78 is 30.6. The zero-order valence-corrected chi connectivity index (χ0v) is 8.35. The number of rotatable bonds is 3. The smallest absolute Gasteiger partial charge is 0.312 e. The van der Waals surface area contributed by atoms with Crippen LogP contribution in [0.25, 0.3) is 0 Å². The molecule has 0 spiro atoms. The van der Waals surface area contributed by atoms with E-state index < -0.39 is 17.5 Å². The van der Waals surface area contributed by atoms with Crippen molar-refractivity contribution in [3.63, 3.8) is 0 Å². The summed E-state index contributed by atoms with van der Waals surface area (Å²) in [5.74, 6) is -6.34. The number of aliphatic carboxylic acids is 1. The van der Waals surface area contributed by atoms with Crippen molar-refractivity contribution in [3.8, 4) is 5.75 Å². The lowest BCUT2D eigenvalue weighted by molar-refractivity contribution is -0.331. The topological polar surface area (TPSA) is 49.4 Å². The maximum absolute atomic E-state index is 12.9. The van der Waals surface area contributed by atoms with Crippen molar-refractivity contribution in [3.05, 3.63) is 28.8 Å². The zero-order chi connectivity index (χ0) is 11.6. The molecule has 0 aliphatic rings. The number of hydrogen-bond acceptors (Lipinski definition) is 3. The van der Waals surface area contributed by atoms with Crippen molar-refractivity contribution in [2.75, 3.05) is 7.11 Å². The summed E-state index contributed by atoms with van der Waals surface area (Å²) in [6.45, 7) is 0. The normalized spacial score (nSPS) is 11.2. The molecule has 0 amide bonds. The average molecular weight is 236 g/mol. The van der Waals surface area contributed by atoms with Crippen molar-refractivity contribution in [2.24, 2.45) is 0 Å². The largest absolute Gasteiger partial charge is 0.544 e. The van der Waals surface area contributed by atoms with E-state index in [1.807, 2.05) is 0 Å². The number of methoxy groups -OCH3 is 1. The molecule has 3 nitrogen and oxygen atoms in total. The van der Waals surface area contributed by atoms with E-state index >= 15 is 0 Å². The summed E-state index contributed by atoms with van der Waals surface area (Å²) in [5.41, 5.74) is -0.742. The molecule has 0 bridgehead atoms. The third kappa shape index (κ3) is 2.18. The first-order valence-electron chi connectivity index (χ1n) is 3.83. The Hall–Kier alpha value is -1.36. The number of ether oxygens (including phenoxy) is 1. The lowest BCUT2D eigenvalue weighted by atomic mass is 10.1. The van der Waals surface area contributed by atoms with Crippen molar-refractivity contribution in [1.29, 1.82) is 0 Å². The molecule has 0 atom stereocenters. The van der Waals surface area contributed by atoms with E-state index in [0.717, 1.165) is 18.2 Å². The van der Waals surface area contributed by atoms with E-state index in [1.165, 1.54) is 7.11 Å². The Morgan fingerprint density at radius 1 is 1.53 bits per heavy atom. The van der Waals surface area contributed by atoms with Gasteiger partial charge in [-0.25, -0.2) is 0 Å². The minimum atomic E-state index is -4.06. The first kappa shape index (κ1) is 11.7. The Balaban J connectivity index is 3.18. The highest BCUT2D eigenvalue weighted by molar-refractivity contribution is 6.32. The van der Waals surface area contributed by atoms with Gasteiger partial charge < -0.3 is 14.6 Å². The molecule has 6 heteroatoms. The van der Waals surface area contributed by atoms with E-state index in [0.29, 0.717) is 0 Å². The van der Waals surface area contributed by atoms with Gasteiger partial charge in [0.2, 0.25) is 0 Å². The lowest BCUT2D eigenvalue weighted by Gasteiger charge is -2.18. The molecule has 1 aromatic carbocycles. The molecule has 0 heterocycles. The molecule has 1 aromatic rings. The predicted octanol–water partition coefficient (Wildman–Crippen LogP) is 1.19. The van der Waals surface area contributed by atoms with Crippen LogP contribution in [0.5, 0.6) is 5.75 Å². The van der Waals surface area contributed by atoms with Crippen LogP contribution in [0.1, 0.15) is 5.56 Å². The van der Waals surface area contributed by atoms with Crippen molar-refractivity contribution < 1.29 is 23.4 Å². The quantitative estimate of drug-likeness (QED) is 0.791. The van der Waals surface area contributed by atoms with Gasteiger partial charge in [0, 0.05) is 5.56 Å². The molecule has 0 fully saturated rings. The molecule has 0 aliphatic heterocycles. The fraction of sp³-hybridized carbons (Fsp3) is 0.222. The molecule has 1 rings (SSSR count). The van der Waals surface area contributed by atoms with Crippen LogP contribution in [0.2, 0.25) is 5.02 Å². The van der Waals surface area contributed by atoms with E-state index in [-0.39, 0.29) is 10.8 Å². The minimum Gasteiger partial charge on any atom is -0.544 e. The molecule has 0 unspecified atom stereocenters. The van der Waals surface area contributed by atoms with Gasteiger partial charge in [-0.2, -0.15) is 8.78 Å². The Bertz CT molecular complexity index is 393. The molecule has 0 aliphatic carbocycles. The fourth-order valence-electron chi connectivity index (χ4n) is 0.980. The monoisotopic (exact) mass is 235 g/mol. The van der Waals surface area contributed by atoms with Crippen LogP contribution in [0.15, 0.2) is 18.2 Å². The second kappa shape index (κ2) is 4.02. The Kier molecular flexibility index (Phi) is 3.14. The summed E-state index contributed by atoms with van der Waals surface area (Å²) in [7, 11) is 1.32. The maximum atomic E-state index is 12.9. The Morgan fingerprint density at radius 2 is 2.13 bits per heavy atom. The van der Waals surface area contributed by atoms with Crippen LogP contribution in [-0.2, 0) is 10.7 Å². The van der Waals surface area contributed by atoms with Gasteiger partial charge in [-0.05, 0) is 18.2 Å². The highest BCUT2D eigenvalue weighted by Gasteiger charge is 2.33. The van der Waals surface area contributed by atoms with Gasteiger partial charge in [0.15, 0.2) is 0 Å². The number of carboxylic acid groups (broad SMARTS) is 1. The van der Waals surface area contributed by atoms with E-state index in [4.69, 9.17) is 16.3 Å².